The van der Waals surface area contributed by atoms with Gasteiger partial charge < -0.3 is 10.0 Å². The molecule has 1 aromatic heterocycles. The molecule has 1 aromatic carbocycles. The van der Waals surface area contributed by atoms with Crippen LogP contribution in [0.25, 0.3) is 0 Å². The lowest BCUT2D eigenvalue weighted by atomic mass is 10.2. The van der Waals surface area contributed by atoms with Crippen molar-refractivity contribution < 1.29 is 9.90 Å². The van der Waals surface area contributed by atoms with Crippen LogP contribution < -0.4 is 4.90 Å². The minimum absolute atomic E-state index is 0.0000818. The summed E-state index contributed by atoms with van der Waals surface area (Å²) in [6.45, 7) is 0.664. The Morgan fingerprint density at radius 2 is 2.00 bits per heavy atom. The molecule has 0 aliphatic carbocycles. The molecule has 2 rings (SSSR count). The van der Waals surface area contributed by atoms with Crippen molar-refractivity contribution in [1.82, 2.24) is 9.97 Å². The van der Waals surface area contributed by atoms with Gasteiger partial charge in [0.1, 0.15) is 12.1 Å². The lowest BCUT2D eigenvalue weighted by molar-refractivity contribution is 0.0690. The van der Waals surface area contributed by atoms with Crippen molar-refractivity contribution in [1.29, 1.82) is 0 Å². The van der Waals surface area contributed by atoms with Crippen LogP contribution in [-0.2, 0) is 6.54 Å². The highest BCUT2D eigenvalue weighted by molar-refractivity contribution is 5.86. The Bertz CT molecular complexity index is 543. The van der Waals surface area contributed by atoms with Crippen molar-refractivity contribution in [2.75, 3.05) is 11.9 Å². The smallest absolute Gasteiger partial charge is 0.354 e. The highest BCUT2D eigenvalue weighted by Crippen LogP contribution is 2.12. The van der Waals surface area contributed by atoms with E-state index in [-0.39, 0.29) is 5.69 Å². The molecule has 92 valence electrons. The van der Waals surface area contributed by atoms with Crippen molar-refractivity contribution in [3.8, 4) is 0 Å². The van der Waals surface area contributed by atoms with Gasteiger partial charge in [0, 0.05) is 19.7 Å². The van der Waals surface area contributed by atoms with Crippen LogP contribution in [0.5, 0.6) is 0 Å². The third-order valence-electron chi connectivity index (χ3n) is 2.53. The normalized spacial score (nSPS) is 10.1. The number of rotatable bonds is 4. The van der Waals surface area contributed by atoms with Crippen LogP contribution in [0.15, 0.2) is 42.7 Å². The van der Waals surface area contributed by atoms with Gasteiger partial charge in [0.25, 0.3) is 0 Å². The van der Waals surface area contributed by atoms with Crippen LogP contribution in [0.1, 0.15) is 16.1 Å². The van der Waals surface area contributed by atoms with E-state index in [9.17, 15) is 4.79 Å². The van der Waals surface area contributed by atoms with E-state index < -0.39 is 5.97 Å². The third-order valence-corrected chi connectivity index (χ3v) is 2.53. The molecule has 0 aliphatic heterocycles. The van der Waals surface area contributed by atoms with Crippen molar-refractivity contribution in [2.45, 2.75) is 6.54 Å². The van der Waals surface area contributed by atoms with E-state index in [1.807, 2.05) is 42.3 Å². The summed E-state index contributed by atoms with van der Waals surface area (Å²) >= 11 is 0. The molecular formula is C13H13N3O2. The third kappa shape index (κ3) is 2.82. The van der Waals surface area contributed by atoms with Gasteiger partial charge in [-0.3, -0.25) is 0 Å². The summed E-state index contributed by atoms with van der Waals surface area (Å²) in [7, 11) is 1.86. The number of benzene rings is 1. The quantitative estimate of drug-likeness (QED) is 0.887. The summed E-state index contributed by atoms with van der Waals surface area (Å²) < 4.78 is 0. The first-order valence-corrected chi connectivity index (χ1v) is 5.47. The Labute approximate surface area is 105 Å². The maximum absolute atomic E-state index is 10.8. The summed E-state index contributed by atoms with van der Waals surface area (Å²) in [5, 5.41) is 8.87. The second-order valence-corrected chi connectivity index (χ2v) is 3.91. The Morgan fingerprint density at radius 3 is 2.67 bits per heavy atom. The molecule has 0 saturated carbocycles. The predicted octanol–water partition coefficient (Wildman–Crippen LogP) is 1.81. The Morgan fingerprint density at radius 1 is 1.28 bits per heavy atom. The van der Waals surface area contributed by atoms with E-state index in [1.165, 1.54) is 12.4 Å². The molecule has 1 heterocycles. The molecule has 0 spiro atoms. The van der Waals surface area contributed by atoms with E-state index >= 15 is 0 Å². The van der Waals surface area contributed by atoms with Gasteiger partial charge in [0.15, 0.2) is 5.69 Å². The Kier molecular flexibility index (Phi) is 3.52. The van der Waals surface area contributed by atoms with Gasteiger partial charge in [-0.2, -0.15) is 0 Å². The summed E-state index contributed by atoms with van der Waals surface area (Å²) in [6.07, 6.45) is 1.26. The Hall–Kier alpha value is -2.43. The number of hydrogen-bond acceptors (Lipinski definition) is 4. The number of anilines is 1. The van der Waals surface area contributed by atoms with E-state index in [4.69, 9.17) is 5.11 Å². The molecule has 5 nitrogen and oxygen atoms in total. The molecule has 5 heteroatoms. The number of aromatic nitrogens is 2. The average molecular weight is 243 g/mol. The van der Waals surface area contributed by atoms with Crippen LogP contribution >= 0.6 is 0 Å². The van der Waals surface area contributed by atoms with E-state index in [2.05, 4.69) is 9.97 Å². The average Bonchev–Trinajstić information content (AvgIpc) is 2.40. The van der Waals surface area contributed by atoms with E-state index in [1.54, 1.807) is 0 Å². The molecule has 0 aliphatic rings. The second-order valence-electron chi connectivity index (χ2n) is 3.91. The zero-order valence-electron chi connectivity index (χ0n) is 9.95. The molecule has 18 heavy (non-hydrogen) atoms. The maximum Gasteiger partial charge on any atom is 0.354 e. The van der Waals surface area contributed by atoms with Crippen molar-refractivity contribution in [3.05, 3.63) is 54.0 Å². The number of hydrogen-bond donors (Lipinski definition) is 1. The standard InChI is InChI=1S/C13H13N3O2/c1-16(8-10-5-3-2-4-6-10)12-7-11(13(17)18)14-9-15-12/h2-7,9H,8H2,1H3,(H,17,18). The van der Waals surface area contributed by atoms with E-state index in [0.29, 0.717) is 12.4 Å². The lowest BCUT2D eigenvalue weighted by Gasteiger charge is -2.18. The lowest BCUT2D eigenvalue weighted by Crippen LogP contribution is -2.18. The largest absolute Gasteiger partial charge is 0.477 e. The number of carboxylic acids is 1. The highest BCUT2D eigenvalue weighted by Gasteiger charge is 2.09. The first-order chi connectivity index (χ1) is 8.66. The van der Waals surface area contributed by atoms with Crippen molar-refractivity contribution >= 4 is 11.8 Å². The van der Waals surface area contributed by atoms with Gasteiger partial charge >= 0.3 is 5.97 Å². The van der Waals surface area contributed by atoms with Crippen LogP contribution in [0.2, 0.25) is 0 Å². The number of aromatic carboxylic acids is 1. The maximum atomic E-state index is 10.8. The number of nitrogens with zero attached hydrogens (tertiary/aromatic N) is 3. The molecule has 0 saturated heterocycles. The van der Waals surface area contributed by atoms with Crippen molar-refractivity contribution in [2.24, 2.45) is 0 Å². The van der Waals surface area contributed by atoms with Crippen LogP contribution in [-0.4, -0.2) is 28.1 Å². The molecule has 0 unspecified atom stereocenters. The topological polar surface area (TPSA) is 66.3 Å². The van der Waals surface area contributed by atoms with Gasteiger partial charge in [0.05, 0.1) is 0 Å². The molecule has 0 bridgehead atoms. The van der Waals surface area contributed by atoms with E-state index in [0.717, 1.165) is 5.56 Å². The summed E-state index contributed by atoms with van der Waals surface area (Å²) in [6, 6.07) is 11.4. The number of carbonyl (C=O) groups is 1. The van der Waals surface area contributed by atoms with Gasteiger partial charge in [0.2, 0.25) is 0 Å². The zero-order chi connectivity index (χ0) is 13.0. The predicted molar refractivity (Wildman–Crippen MR) is 67.5 cm³/mol. The summed E-state index contributed by atoms with van der Waals surface area (Å²) in [5.74, 6) is -0.460. The minimum atomic E-state index is -1.05. The van der Waals surface area contributed by atoms with Crippen molar-refractivity contribution in [3.63, 3.8) is 0 Å². The SMILES string of the molecule is CN(Cc1ccccc1)c1cc(C(=O)O)ncn1. The fourth-order valence-corrected chi connectivity index (χ4v) is 1.61. The van der Waals surface area contributed by atoms with Gasteiger partial charge in [-0.15, -0.1) is 0 Å². The summed E-state index contributed by atoms with van der Waals surface area (Å²) in [4.78, 5) is 20.5. The number of carboxylic acid groups (broad SMARTS) is 1. The molecule has 0 amide bonds. The minimum Gasteiger partial charge on any atom is -0.477 e. The summed E-state index contributed by atoms with van der Waals surface area (Å²) in [5.41, 5.74) is 1.13. The van der Waals surface area contributed by atoms with Crippen LogP contribution in [0.4, 0.5) is 5.82 Å². The molecule has 0 atom stereocenters. The zero-order valence-corrected chi connectivity index (χ0v) is 9.95. The first-order valence-electron chi connectivity index (χ1n) is 5.47. The molecular weight excluding hydrogens is 230 g/mol. The van der Waals surface area contributed by atoms with Gasteiger partial charge in [-0.25, -0.2) is 14.8 Å². The monoisotopic (exact) mass is 243 g/mol. The molecule has 1 N–H and O–H groups in total. The van der Waals surface area contributed by atoms with Crippen LogP contribution in [0, 0.1) is 0 Å². The molecule has 2 aromatic rings. The molecule has 0 radical (unpaired) electrons. The van der Waals surface area contributed by atoms with Gasteiger partial charge in [-0.1, -0.05) is 30.3 Å². The second kappa shape index (κ2) is 5.27. The van der Waals surface area contributed by atoms with Crippen LogP contribution in [0.3, 0.4) is 0 Å². The Balaban J connectivity index is 2.16. The first kappa shape index (κ1) is 12.0. The fraction of sp³-hybridized carbons (Fsp3) is 0.154. The fourth-order valence-electron chi connectivity index (χ4n) is 1.61. The molecule has 0 fully saturated rings. The van der Waals surface area contributed by atoms with Gasteiger partial charge in [-0.05, 0) is 5.56 Å². The highest BCUT2D eigenvalue weighted by atomic mass is 16.4.